The normalized spacial score (nSPS) is 15.0. The topological polar surface area (TPSA) is 114 Å². The molecule has 2 N–H and O–H groups in total. The zero-order chi connectivity index (χ0) is 25.2. The van der Waals surface area contributed by atoms with E-state index in [0.29, 0.717) is 16.3 Å². The van der Waals surface area contributed by atoms with Crippen molar-refractivity contribution < 1.29 is 23.6 Å². The Kier molecular flexibility index (Phi) is 6.14. The molecule has 5 rings (SSSR count). The number of benzene rings is 2. The quantitative estimate of drug-likeness (QED) is 0.307. The first-order valence-electron chi connectivity index (χ1n) is 10.9. The number of rotatable bonds is 6. The molecule has 10 heteroatoms. The van der Waals surface area contributed by atoms with Crippen molar-refractivity contribution in [1.82, 2.24) is 15.2 Å². The number of aromatic nitrogens is 1. The molecule has 0 aliphatic carbocycles. The zero-order valence-electron chi connectivity index (χ0n) is 18.7. The highest BCUT2D eigenvalue weighted by molar-refractivity contribution is 6.39. The van der Waals surface area contributed by atoms with Gasteiger partial charge in [0, 0.05) is 27.7 Å². The van der Waals surface area contributed by atoms with Gasteiger partial charge >= 0.3 is 6.03 Å². The molecular weight excluding hydrogens is 484 g/mol. The average molecular weight is 503 g/mol. The van der Waals surface area contributed by atoms with Crippen molar-refractivity contribution in [3.63, 3.8) is 0 Å². The SMILES string of the molecule is O=C(Cn1cc(C=C2C(=O)NC(=O)N(c3ccc(Cl)cc3)C2=O)c2ccccc21)NCc1ccco1. The summed E-state index contributed by atoms with van der Waals surface area (Å²) in [7, 11) is 0. The van der Waals surface area contributed by atoms with E-state index in [1.54, 1.807) is 35.0 Å². The highest BCUT2D eigenvalue weighted by atomic mass is 35.5. The van der Waals surface area contributed by atoms with E-state index in [-0.39, 0.29) is 30.3 Å². The molecule has 5 amide bonds. The Labute approximate surface area is 209 Å². The molecule has 2 aromatic carbocycles. The van der Waals surface area contributed by atoms with Gasteiger partial charge in [-0.15, -0.1) is 0 Å². The van der Waals surface area contributed by atoms with Crippen LogP contribution in [0.3, 0.4) is 0 Å². The number of hydrogen-bond acceptors (Lipinski definition) is 5. The summed E-state index contributed by atoms with van der Waals surface area (Å²) in [4.78, 5) is 51.7. The van der Waals surface area contributed by atoms with Crippen molar-refractivity contribution in [3.8, 4) is 0 Å². The van der Waals surface area contributed by atoms with Crippen molar-refractivity contribution >= 4 is 58.0 Å². The number of anilines is 1. The fourth-order valence-corrected chi connectivity index (χ4v) is 4.09. The van der Waals surface area contributed by atoms with Crippen LogP contribution in [0, 0.1) is 0 Å². The number of amides is 5. The minimum Gasteiger partial charge on any atom is -0.467 e. The lowest BCUT2D eigenvalue weighted by atomic mass is 10.1. The van der Waals surface area contributed by atoms with Gasteiger partial charge in [0.05, 0.1) is 18.5 Å². The van der Waals surface area contributed by atoms with Crippen LogP contribution in [0.25, 0.3) is 17.0 Å². The molecule has 1 aliphatic rings. The number of nitrogens with one attached hydrogen (secondary N) is 2. The van der Waals surface area contributed by atoms with E-state index >= 15 is 0 Å². The minimum absolute atomic E-state index is 0.0138. The first kappa shape index (κ1) is 23.1. The molecule has 0 unspecified atom stereocenters. The summed E-state index contributed by atoms with van der Waals surface area (Å²) in [6.07, 6.45) is 4.64. The summed E-state index contributed by atoms with van der Waals surface area (Å²) in [6.45, 7) is 0.269. The van der Waals surface area contributed by atoms with Crippen molar-refractivity contribution in [2.75, 3.05) is 4.90 Å². The molecule has 0 radical (unpaired) electrons. The molecule has 0 saturated carbocycles. The second kappa shape index (κ2) is 9.55. The lowest BCUT2D eigenvalue weighted by Gasteiger charge is -2.26. The Hall–Kier alpha value is -4.63. The van der Waals surface area contributed by atoms with Crippen LogP contribution in [0.2, 0.25) is 5.02 Å². The van der Waals surface area contributed by atoms with Crippen LogP contribution in [-0.2, 0) is 27.5 Å². The number of nitrogens with zero attached hydrogens (tertiary/aromatic N) is 2. The van der Waals surface area contributed by atoms with E-state index in [1.165, 1.54) is 24.5 Å². The van der Waals surface area contributed by atoms with Crippen LogP contribution in [0.1, 0.15) is 11.3 Å². The molecule has 1 aliphatic heterocycles. The molecule has 0 atom stereocenters. The van der Waals surface area contributed by atoms with E-state index in [0.717, 1.165) is 15.8 Å². The number of imide groups is 2. The number of urea groups is 1. The van der Waals surface area contributed by atoms with Crippen molar-refractivity contribution in [1.29, 1.82) is 0 Å². The summed E-state index contributed by atoms with van der Waals surface area (Å²) >= 11 is 5.92. The first-order valence-corrected chi connectivity index (χ1v) is 11.3. The lowest BCUT2D eigenvalue weighted by molar-refractivity contribution is -0.123. The summed E-state index contributed by atoms with van der Waals surface area (Å²) in [5.41, 5.74) is 1.35. The van der Waals surface area contributed by atoms with Crippen molar-refractivity contribution in [2.45, 2.75) is 13.1 Å². The molecule has 180 valence electrons. The third-order valence-electron chi connectivity index (χ3n) is 5.66. The molecule has 36 heavy (non-hydrogen) atoms. The molecule has 3 heterocycles. The minimum atomic E-state index is -0.847. The Morgan fingerprint density at radius 2 is 1.81 bits per heavy atom. The number of fused-ring (bicyclic) bond motifs is 1. The Balaban J connectivity index is 1.45. The fourth-order valence-electron chi connectivity index (χ4n) is 3.97. The molecule has 2 aromatic heterocycles. The largest absolute Gasteiger partial charge is 0.467 e. The third kappa shape index (κ3) is 4.51. The average Bonchev–Trinajstić information content (AvgIpc) is 3.50. The van der Waals surface area contributed by atoms with Crippen LogP contribution in [-0.4, -0.2) is 28.3 Å². The van der Waals surface area contributed by atoms with Crippen molar-refractivity contribution in [3.05, 3.63) is 95.0 Å². The smallest absolute Gasteiger partial charge is 0.335 e. The van der Waals surface area contributed by atoms with Gasteiger partial charge in [-0.25, -0.2) is 9.69 Å². The van der Waals surface area contributed by atoms with E-state index in [4.69, 9.17) is 16.0 Å². The van der Waals surface area contributed by atoms with Gasteiger partial charge in [-0.3, -0.25) is 19.7 Å². The molecule has 0 bridgehead atoms. The summed E-state index contributed by atoms with van der Waals surface area (Å²) in [5, 5.41) is 6.18. The highest BCUT2D eigenvalue weighted by Crippen LogP contribution is 2.27. The predicted octanol–water partition coefficient (Wildman–Crippen LogP) is 3.87. The Morgan fingerprint density at radius 1 is 1.03 bits per heavy atom. The second-order valence-corrected chi connectivity index (χ2v) is 8.46. The predicted molar refractivity (Wildman–Crippen MR) is 133 cm³/mol. The fraction of sp³-hybridized carbons (Fsp3) is 0.0769. The molecule has 0 spiro atoms. The van der Waals surface area contributed by atoms with Gasteiger partial charge in [-0.1, -0.05) is 29.8 Å². The Morgan fingerprint density at radius 3 is 2.56 bits per heavy atom. The van der Waals surface area contributed by atoms with Crippen molar-refractivity contribution in [2.24, 2.45) is 0 Å². The van der Waals surface area contributed by atoms with Gasteiger partial charge in [-0.2, -0.15) is 0 Å². The summed E-state index contributed by atoms with van der Waals surface area (Å²) < 4.78 is 6.96. The number of carbonyl (C=O) groups is 4. The van der Waals surface area contributed by atoms with Gasteiger partial charge in [0.2, 0.25) is 5.91 Å². The van der Waals surface area contributed by atoms with Gasteiger partial charge < -0.3 is 14.3 Å². The number of halogens is 1. The molecule has 1 saturated heterocycles. The second-order valence-electron chi connectivity index (χ2n) is 8.02. The van der Waals surface area contributed by atoms with Gasteiger partial charge in [0.15, 0.2) is 0 Å². The standard InChI is InChI=1S/C26H19ClN4O5/c27-17-7-9-18(10-8-17)31-25(34)21(24(33)29-26(31)35)12-16-14-30(22-6-2-1-5-20(16)22)15-23(32)28-13-19-4-3-11-36-19/h1-12,14H,13,15H2,(H,28,32)(H,29,33,35). The maximum absolute atomic E-state index is 13.2. The number of barbiturate groups is 1. The molecule has 1 fully saturated rings. The van der Waals surface area contributed by atoms with Gasteiger partial charge in [0.1, 0.15) is 17.9 Å². The van der Waals surface area contributed by atoms with Crippen LogP contribution < -0.4 is 15.5 Å². The van der Waals surface area contributed by atoms with Gasteiger partial charge in [-0.05, 0) is 48.5 Å². The van der Waals surface area contributed by atoms with E-state index in [2.05, 4.69) is 10.6 Å². The molecule has 9 nitrogen and oxygen atoms in total. The number of hydrogen-bond donors (Lipinski definition) is 2. The maximum Gasteiger partial charge on any atom is 0.335 e. The maximum atomic E-state index is 13.2. The number of carbonyl (C=O) groups excluding carboxylic acids is 4. The first-order chi connectivity index (χ1) is 17.4. The van der Waals surface area contributed by atoms with E-state index < -0.39 is 17.8 Å². The third-order valence-corrected chi connectivity index (χ3v) is 5.91. The van der Waals surface area contributed by atoms with E-state index in [9.17, 15) is 19.2 Å². The van der Waals surface area contributed by atoms with Crippen LogP contribution in [0.15, 0.2) is 83.1 Å². The lowest BCUT2D eigenvalue weighted by Crippen LogP contribution is -2.54. The molecule has 4 aromatic rings. The van der Waals surface area contributed by atoms with Gasteiger partial charge in [0.25, 0.3) is 11.8 Å². The van der Waals surface area contributed by atoms with Crippen LogP contribution in [0.5, 0.6) is 0 Å². The Bertz CT molecular complexity index is 1520. The monoisotopic (exact) mass is 502 g/mol. The highest BCUT2D eigenvalue weighted by Gasteiger charge is 2.37. The molecular formula is C26H19ClN4O5. The summed E-state index contributed by atoms with van der Waals surface area (Å²) in [6, 6.07) is 16.1. The van der Waals surface area contributed by atoms with Crippen LogP contribution in [0.4, 0.5) is 10.5 Å². The number of para-hydroxylation sites is 1. The zero-order valence-corrected chi connectivity index (χ0v) is 19.5. The summed E-state index contributed by atoms with van der Waals surface area (Å²) in [5.74, 6) is -1.17. The number of furan rings is 1. The van der Waals surface area contributed by atoms with E-state index in [1.807, 2.05) is 24.3 Å². The van der Waals surface area contributed by atoms with Crippen LogP contribution >= 0.6 is 11.6 Å².